The lowest BCUT2D eigenvalue weighted by molar-refractivity contribution is -0.119. The number of amides is 1. The van der Waals surface area contributed by atoms with Crippen LogP contribution in [0.3, 0.4) is 0 Å². The molecule has 160 valence electrons. The summed E-state index contributed by atoms with van der Waals surface area (Å²) >= 11 is 6.44. The van der Waals surface area contributed by atoms with Crippen LogP contribution in [-0.2, 0) is 19.0 Å². The molecule has 0 radical (unpaired) electrons. The number of benzene rings is 1. The number of carbonyl (C=O) groups is 4. The standard InChI is InChI=1S/C18H14ClF2NO7S/c1-7-13(17(25)27-2)15(30-14(7)18(26)28-3)22-12(23)6-29-16(24)8-4-10(20)11(21)5-9(8)19/h4-5H,6H2,1-3H3,(H,22,23). The zero-order valence-corrected chi connectivity index (χ0v) is 17.3. The van der Waals surface area contributed by atoms with Gasteiger partial charge in [0.15, 0.2) is 18.2 Å². The minimum Gasteiger partial charge on any atom is -0.465 e. The van der Waals surface area contributed by atoms with Crippen molar-refractivity contribution in [3.8, 4) is 0 Å². The molecule has 2 aromatic rings. The molecular formula is C18H14ClF2NO7S. The van der Waals surface area contributed by atoms with Crippen molar-refractivity contribution in [3.63, 3.8) is 0 Å². The maximum Gasteiger partial charge on any atom is 0.348 e. The Balaban J connectivity index is 2.16. The Labute approximate surface area is 177 Å². The van der Waals surface area contributed by atoms with E-state index in [1.54, 1.807) is 0 Å². The molecule has 0 saturated heterocycles. The summed E-state index contributed by atoms with van der Waals surface area (Å²) in [6, 6.07) is 1.14. The van der Waals surface area contributed by atoms with Crippen molar-refractivity contribution in [1.29, 1.82) is 0 Å². The van der Waals surface area contributed by atoms with E-state index in [9.17, 15) is 28.0 Å². The number of rotatable bonds is 6. The van der Waals surface area contributed by atoms with Gasteiger partial charge in [-0.2, -0.15) is 0 Å². The highest BCUT2D eigenvalue weighted by Crippen LogP contribution is 2.34. The van der Waals surface area contributed by atoms with Gasteiger partial charge < -0.3 is 19.5 Å². The lowest BCUT2D eigenvalue weighted by Gasteiger charge is -2.08. The zero-order valence-electron chi connectivity index (χ0n) is 15.8. The van der Waals surface area contributed by atoms with E-state index >= 15 is 0 Å². The van der Waals surface area contributed by atoms with Gasteiger partial charge in [0.25, 0.3) is 5.91 Å². The van der Waals surface area contributed by atoms with Crippen LogP contribution in [0.25, 0.3) is 0 Å². The van der Waals surface area contributed by atoms with E-state index in [0.717, 1.165) is 25.6 Å². The molecular weight excluding hydrogens is 448 g/mol. The van der Waals surface area contributed by atoms with Gasteiger partial charge in [-0.1, -0.05) is 11.6 Å². The fourth-order valence-electron chi connectivity index (χ4n) is 2.29. The summed E-state index contributed by atoms with van der Waals surface area (Å²) in [5.41, 5.74) is -0.302. The first-order chi connectivity index (χ1) is 14.1. The van der Waals surface area contributed by atoms with Crippen molar-refractivity contribution in [2.45, 2.75) is 6.92 Å². The molecule has 1 amide bonds. The number of anilines is 1. The van der Waals surface area contributed by atoms with Crippen molar-refractivity contribution < 1.29 is 42.2 Å². The summed E-state index contributed by atoms with van der Waals surface area (Å²) in [5, 5.41) is 1.91. The van der Waals surface area contributed by atoms with E-state index in [1.165, 1.54) is 6.92 Å². The molecule has 0 bridgehead atoms. The number of carbonyl (C=O) groups excluding carboxylic acids is 4. The van der Waals surface area contributed by atoms with Crippen molar-refractivity contribution in [2.75, 3.05) is 26.1 Å². The number of nitrogens with one attached hydrogen (secondary N) is 1. The van der Waals surface area contributed by atoms with Gasteiger partial charge in [-0.15, -0.1) is 11.3 Å². The highest BCUT2D eigenvalue weighted by Gasteiger charge is 2.27. The van der Waals surface area contributed by atoms with Crippen LogP contribution in [0.15, 0.2) is 12.1 Å². The van der Waals surface area contributed by atoms with Gasteiger partial charge in [0.1, 0.15) is 9.88 Å². The first-order valence-electron chi connectivity index (χ1n) is 8.02. The van der Waals surface area contributed by atoms with E-state index in [1.807, 2.05) is 0 Å². The normalized spacial score (nSPS) is 10.3. The lowest BCUT2D eigenvalue weighted by Crippen LogP contribution is -2.22. The Morgan fingerprint density at radius 2 is 1.63 bits per heavy atom. The second kappa shape index (κ2) is 9.63. The van der Waals surface area contributed by atoms with Crippen LogP contribution in [0.5, 0.6) is 0 Å². The molecule has 12 heteroatoms. The molecule has 0 aliphatic rings. The van der Waals surface area contributed by atoms with Crippen LogP contribution < -0.4 is 5.32 Å². The fourth-order valence-corrected chi connectivity index (χ4v) is 3.64. The Bertz CT molecular complexity index is 1040. The molecule has 0 atom stereocenters. The van der Waals surface area contributed by atoms with Gasteiger partial charge in [0.05, 0.1) is 30.4 Å². The molecule has 30 heavy (non-hydrogen) atoms. The third-order valence-corrected chi connectivity index (χ3v) is 5.22. The number of methoxy groups -OCH3 is 2. The second-order valence-corrected chi connectivity index (χ2v) is 7.04. The second-order valence-electron chi connectivity index (χ2n) is 5.61. The van der Waals surface area contributed by atoms with Crippen molar-refractivity contribution >= 4 is 51.8 Å². The Morgan fingerprint density at radius 1 is 1.03 bits per heavy atom. The number of hydrogen-bond donors (Lipinski definition) is 1. The Kier molecular flexibility index (Phi) is 7.46. The van der Waals surface area contributed by atoms with Gasteiger partial charge in [-0.25, -0.2) is 23.2 Å². The maximum absolute atomic E-state index is 13.3. The van der Waals surface area contributed by atoms with Crippen LogP contribution in [-0.4, -0.2) is 44.6 Å². The summed E-state index contributed by atoms with van der Waals surface area (Å²) < 4.78 is 40.4. The third kappa shape index (κ3) is 4.92. The molecule has 0 fully saturated rings. The topological polar surface area (TPSA) is 108 Å². The van der Waals surface area contributed by atoms with Gasteiger partial charge in [0.2, 0.25) is 0 Å². The van der Waals surface area contributed by atoms with E-state index in [-0.39, 0.29) is 21.0 Å². The predicted molar refractivity (Wildman–Crippen MR) is 102 cm³/mol. The quantitative estimate of drug-likeness (QED) is 0.399. The summed E-state index contributed by atoms with van der Waals surface area (Å²) in [6.45, 7) is 0.634. The summed E-state index contributed by atoms with van der Waals surface area (Å²) in [4.78, 5) is 48.1. The number of esters is 3. The molecule has 0 saturated carbocycles. The third-order valence-electron chi connectivity index (χ3n) is 3.72. The zero-order chi connectivity index (χ0) is 22.6. The van der Waals surface area contributed by atoms with Gasteiger partial charge >= 0.3 is 17.9 Å². The van der Waals surface area contributed by atoms with Crippen LogP contribution in [0.4, 0.5) is 13.8 Å². The number of ether oxygens (including phenoxy) is 3. The number of hydrogen-bond acceptors (Lipinski definition) is 8. The SMILES string of the molecule is COC(=O)c1sc(NC(=O)COC(=O)c2cc(F)c(F)cc2Cl)c(C(=O)OC)c1C. The molecule has 0 unspecified atom stereocenters. The minimum absolute atomic E-state index is 0.0216. The molecule has 1 aromatic heterocycles. The summed E-state index contributed by atoms with van der Waals surface area (Å²) in [7, 11) is 2.27. The molecule has 2 rings (SSSR count). The Hall–Kier alpha value is -3.05. The molecule has 1 aromatic carbocycles. The average Bonchev–Trinajstić information content (AvgIpc) is 3.03. The smallest absolute Gasteiger partial charge is 0.348 e. The molecule has 0 aliphatic carbocycles. The predicted octanol–water partition coefficient (Wildman–Crippen LogP) is 3.36. The molecule has 8 nitrogen and oxygen atoms in total. The molecule has 0 spiro atoms. The molecule has 0 aliphatic heterocycles. The maximum atomic E-state index is 13.3. The lowest BCUT2D eigenvalue weighted by atomic mass is 10.1. The van der Waals surface area contributed by atoms with Gasteiger partial charge in [-0.05, 0) is 24.6 Å². The first-order valence-corrected chi connectivity index (χ1v) is 9.21. The van der Waals surface area contributed by atoms with Crippen LogP contribution in [0, 0.1) is 18.6 Å². The average molecular weight is 462 g/mol. The van der Waals surface area contributed by atoms with Gasteiger partial charge in [-0.3, -0.25) is 4.79 Å². The minimum atomic E-state index is -1.32. The highest BCUT2D eigenvalue weighted by atomic mass is 35.5. The summed E-state index contributed by atoms with van der Waals surface area (Å²) in [5.74, 6) is -6.13. The monoisotopic (exact) mass is 461 g/mol. The van der Waals surface area contributed by atoms with Crippen molar-refractivity contribution in [1.82, 2.24) is 0 Å². The fraction of sp³-hybridized carbons (Fsp3) is 0.222. The molecule has 1 heterocycles. The van der Waals surface area contributed by atoms with E-state index in [0.29, 0.717) is 12.1 Å². The first kappa shape index (κ1) is 23.2. The number of thiophene rings is 1. The summed E-state index contributed by atoms with van der Waals surface area (Å²) in [6.07, 6.45) is 0. The van der Waals surface area contributed by atoms with E-state index in [2.05, 4.69) is 14.8 Å². The van der Waals surface area contributed by atoms with E-state index in [4.69, 9.17) is 16.3 Å². The van der Waals surface area contributed by atoms with Gasteiger partial charge in [0, 0.05) is 0 Å². The van der Waals surface area contributed by atoms with Crippen molar-refractivity contribution in [3.05, 3.63) is 50.4 Å². The van der Waals surface area contributed by atoms with Crippen molar-refractivity contribution in [2.24, 2.45) is 0 Å². The van der Waals surface area contributed by atoms with Crippen LogP contribution in [0.1, 0.15) is 36.0 Å². The highest BCUT2D eigenvalue weighted by molar-refractivity contribution is 7.18. The Morgan fingerprint density at radius 3 is 2.23 bits per heavy atom. The van der Waals surface area contributed by atoms with Crippen LogP contribution >= 0.6 is 22.9 Å². The largest absolute Gasteiger partial charge is 0.465 e. The van der Waals surface area contributed by atoms with E-state index < -0.39 is 52.6 Å². The van der Waals surface area contributed by atoms with Crippen LogP contribution in [0.2, 0.25) is 5.02 Å². The molecule has 1 N–H and O–H groups in total. The number of halogens is 3.